The van der Waals surface area contributed by atoms with E-state index in [0.717, 1.165) is 18.4 Å². The number of aliphatic hydroxyl groups is 1. The van der Waals surface area contributed by atoms with E-state index in [9.17, 15) is 5.11 Å². The summed E-state index contributed by atoms with van der Waals surface area (Å²) in [5.41, 5.74) is 0.318. The van der Waals surface area contributed by atoms with Gasteiger partial charge in [0.1, 0.15) is 0 Å². The topological polar surface area (TPSA) is 44.6 Å². The van der Waals surface area contributed by atoms with Gasteiger partial charge in [0.15, 0.2) is 0 Å². The van der Waals surface area contributed by atoms with Crippen LogP contribution in [0.3, 0.4) is 0 Å². The Morgan fingerprint density at radius 2 is 1.95 bits per heavy atom. The van der Waals surface area contributed by atoms with Gasteiger partial charge in [-0.2, -0.15) is 0 Å². The van der Waals surface area contributed by atoms with Crippen molar-refractivity contribution < 1.29 is 5.11 Å². The number of nitrogens with one attached hydrogen (secondary N) is 1. The van der Waals surface area contributed by atoms with E-state index in [2.05, 4.69) is 22.4 Å². The van der Waals surface area contributed by atoms with Crippen LogP contribution >= 0.6 is 0 Å². The van der Waals surface area contributed by atoms with Crippen LogP contribution in [0.2, 0.25) is 0 Å². The molecule has 1 fully saturated rings. The van der Waals surface area contributed by atoms with Crippen LogP contribution in [0.25, 0.3) is 0 Å². The Hall–Kier alpha value is -1.35. The normalized spacial score (nSPS) is 19.9. The van der Waals surface area contributed by atoms with E-state index in [1.54, 1.807) is 6.34 Å². The first-order valence-electron chi connectivity index (χ1n) is 7.71. The molecule has 0 aromatic heterocycles. The van der Waals surface area contributed by atoms with Gasteiger partial charge in [-0.25, -0.2) is 0 Å². The molecule has 0 radical (unpaired) electrons. The molecule has 0 aliphatic heterocycles. The van der Waals surface area contributed by atoms with Crippen molar-refractivity contribution in [2.75, 3.05) is 13.6 Å². The van der Waals surface area contributed by atoms with Crippen LogP contribution in [0.15, 0.2) is 35.3 Å². The minimum Gasteiger partial charge on any atom is -0.385 e. The van der Waals surface area contributed by atoms with Gasteiger partial charge in [0.25, 0.3) is 0 Å². The maximum absolute atomic E-state index is 11.3. The Morgan fingerprint density at radius 1 is 1.25 bits per heavy atom. The molecule has 20 heavy (non-hydrogen) atoms. The van der Waals surface area contributed by atoms with Gasteiger partial charge in [0.05, 0.1) is 11.9 Å². The zero-order valence-corrected chi connectivity index (χ0v) is 12.4. The largest absolute Gasteiger partial charge is 0.385 e. The molecule has 2 rings (SSSR count). The number of aliphatic imine (C=N–C) groups is 1. The SMILES string of the molecule is CNC=NCCC(O)(c1ccccc1)C1CCCCC1. The highest BCUT2D eigenvalue weighted by molar-refractivity contribution is 5.53. The predicted molar refractivity (Wildman–Crippen MR) is 83.9 cm³/mol. The highest BCUT2D eigenvalue weighted by Crippen LogP contribution is 2.41. The summed E-state index contributed by atoms with van der Waals surface area (Å²) in [7, 11) is 1.84. The maximum Gasteiger partial charge on any atom is 0.0942 e. The molecule has 0 bridgehead atoms. The molecule has 110 valence electrons. The molecule has 0 heterocycles. The number of benzene rings is 1. The minimum absolute atomic E-state index is 0.364. The van der Waals surface area contributed by atoms with Crippen LogP contribution in [0, 0.1) is 5.92 Å². The Bertz CT molecular complexity index is 412. The van der Waals surface area contributed by atoms with E-state index in [-0.39, 0.29) is 0 Å². The molecule has 1 aliphatic rings. The molecular formula is C17H26N2O. The molecule has 1 atom stereocenters. The van der Waals surface area contributed by atoms with Crippen LogP contribution < -0.4 is 5.32 Å². The summed E-state index contributed by atoms with van der Waals surface area (Å²) in [6.45, 7) is 0.655. The maximum atomic E-state index is 11.3. The molecule has 1 aliphatic carbocycles. The van der Waals surface area contributed by atoms with Crippen LogP contribution in [0.1, 0.15) is 44.1 Å². The van der Waals surface area contributed by atoms with Crippen LogP contribution in [0.5, 0.6) is 0 Å². The van der Waals surface area contributed by atoms with E-state index < -0.39 is 5.60 Å². The fourth-order valence-corrected chi connectivity index (χ4v) is 3.28. The molecule has 3 heteroatoms. The third kappa shape index (κ3) is 3.60. The van der Waals surface area contributed by atoms with Crippen molar-refractivity contribution in [2.24, 2.45) is 10.9 Å². The molecule has 1 unspecified atom stereocenters. The summed E-state index contributed by atoms with van der Waals surface area (Å²) in [5.74, 6) is 0.364. The fourth-order valence-electron chi connectivity index (χ4n) is 3.28. The Balaban J connectivity index is 2.15. The molecule has 0 spiro atoms. The standard InChI is InChI=1S/C17H26N2O/c1-18-14-19-13-12-17(20,15-8-4-2-5-9-15)16-10-6-3-7-11-16/h2,4-5,8-9,14,16,20H,3,6-7,10-13H2,1H3,(H,18,19). The first-order chi connectivity index (χ1) is 9.77. The minimum atomic E-state index is -0.729. The van der Waals surface area contributed by atoms with Crippen LogP contribution in [0.4, 0.5) is 0 Å². The highest BCUT2D eigenvalue weighted by atomic mass is 16.3. The molecule has 1 aromatic carbocycles. The second-order valence-corrected chi connectivity index (χ2v) is 5.70. The van der Waals surface area contributed by atoms with Gasteiger partial charge in [-0.15, -0.1) is 0 Å². The van der Waals surface area contributed by atoms with E-state index >= 15 is 0 Å². The van der Waals surface area contributed by atoms with Gasteiger partial charge >= 0.3 is 0 Å². The molecule has 1 aromatic rings. The van der Waals surface area contributed by atoms with E-state index in [1.807, 2.05) is 25.2 Å². The molecule has 2 N–H and O–H groups in total. The lowest BCUT2D eigenvalue weighted by Crippen LogP contribution is -2.37. The summed E-state index contributed by atoms with van der Waals surface area (Å²) >= 11 is 0. The van der Waals surface area contributed by atoms with Crippen molar-refractivity contribution in [3.63, 3.8) is 0 Å². The zero-order chi connectivity index (χ0) is 14.3. The molecule has 3 nitrogen and oxygen atoms in total. The lowest BCUT2D eigenvalue weighted by molar-refractivity contribution is -0.0439. The first-order valence-corrected chi connectivity index (χ1v) is 7.71. The Labute approximate surface area is 122 Å². The summed E-state index contributed by atoms with van der Waals surface area (Å²) in [6.07, 6.45) is 8.42. The number of hydrogen-bond donors (Lipinski definition) is 2. The predicted octanol–water partition coefficient (Wildman–Crippen LogP) is 3.09. The lowest BCUT2D eigenvalue weighted by Gasteiger charge is -2.39. The van der Waals surface area contributed by atoms with Gasteiger partial charge in [0, 0.05) is 20.0 Å². The number of hydrogen-bond acceptors (Lipinski definition) is 2. The van der Waals surface area contributed by atoms with Crippen LogP contribution in [-0.2, 0) is 5.60 Å². The third-order valence-electron chi connectivity index (χ3n) is 4.40. The van der Waals surface area contributed by atoms with Crippen molar-refractivity contribution >= 4 is 6.34 Å². The zero-order valence-electron chi connectivity index (χ0n) is 12.4. The number of rotatable bonds is 6. The number of nitrogens with zero attached hydrogens (tertiary/aromatic N) is 1. The van der Waals surface area contributed by atoms with Gasteiger partial charge in [-0.3, -0.25) is 4.99 Å². The second kappa shape index (κ2) is 7.44. The van der Waals surface area contributed by atoms with Crippen LogP contribution in [-0.4, -0.2) is 25.0 Å². The summed E-state index contributed by atoms with van der Waals surface area (Å²) in [6, 6.07) is 10.1. The van der Waals surface area contributed by atoms with Gasteiger partial charge in [-0.1, -0.05) is 49.6 Å². The highest BCUT2D eigenvalue weighted by Gasteiger charge is 2.38. The third-order valence-corrected chi connectivity index (χ3v) is 4.40. The fraction of sp³-hybridized carbons (Fsp3) is 0.588. The smallest absolute Gasteiger partial charge is 0.0942 e. The van der Waals surface area contributed by atoms with E-state index in [4.69, 9.17) is 0 Å². The average molecular weight is 274 g/mol. The Morgan fingerprint density at radius 3 is 2.60 bits per heavy atom. The van der Waals surface area contributed by atoms with Gasteiger partial charge in [-0.05, 0) is 24.3 Å². The van der Waals surface area contributed by atoms with Gasteiger partial charge < -0.3 is 10.4 Å². The molecule has 1 saturated carbocycles. The summed E-state index contributed by atoms with van der Waals surface area (Å²) < 4.78 is 0. The monoisotopic (exact) mass is 274 g/mol. The second-order valence-electron chi connectivity index (χ2n) is 5.70. The summed E-state index contributed by atoms with van der Waals surface area (Å²) in [5, 5.41) is 14.2. The van der Waals surface area contributed by atoms with Crippen molar-refractivity contribution in [3.8, 4) is 0 Å². The summed E-state index contributed by atoms with van der Waals surface area (Å²) in [4.78, 5) is 4.30. The Kier molecular flexibility index (Phi) is 5.60. The molecule has 0 saturated heterocycles. The molecular weight excluding hydrogens is 248 g/mol. The van der Waals surface area contributed by atoms with Crippen molar-refractivity contribution in [1.82, 2.24) is 5.32 Å². The van der Waals surface area contributed by atoms with E-state index in [1.165, 1.54) is 19.3 Å². The quantitative estimate of drug-likeness (QED) is 0.618. The van der Waals surface area contributed by atoms with Crippen molar-refractivity contribution in [2.45, 2.75) is 44.1 Å². The lowest BCUT2D eigenvalue weighted by atomic mass is 9.72. The van der Waals surface area contributed by atoms with Crippen molar-refractivity contribution in [1.29, 1.82) is 0 Å². The molecule has 0 amide bonds. The van der Waals surface area contributed by atoms with E-state index in [0.29, 0.717) is 18.9 Å². The first kappa shape index (κ1) is 15.0. The van der Waals surface area contributed by atoms with Crippen molar-refractivity contribution in [3.05, 3.63) is 35.9 Å². The van der Waals surface area contributed by atoms with Gasteiger partial charge in [0.2, 0.25) is 0 Å². The average Bonchev–Trinajstić information content (AvgIpc) is 2.53.